The lowest BCUT2D eigenvalue weighted by Crippen LogP contribution is -2.71. The molecule has 0 fully saturated rings. The van der Waals surface area contributed by atoms with Crippen LogP contribution < -0.4 is 32.8 Å². The van der Waals surface area contributed by atoms with Gasteiger partial charge in [0.15, 0.2) is 0 Å². The first-order valence-electron chi connectivity index (χ1n) is 26.9. The summed E-state index contributed by atoms with van der Waals surface area (Å²) in [7, 11) is -26.4. The molecule has 0 bridgehead atoms. The molecule has 89 heavy (non-hydrogen) atoms. The zero-order chi connectivity index (χ0) is 61.9. The molecular formula is C57H36B4N8O16S4+2. The number of nitrogens with zero attached hydrogens (tertiary/aromatic N) is 8. The molecule has 16 rings (SSSR count). The van der Waals surface area contributed by atoms with Crippen LogP contribution in [0.25, 0.3) is 21.5 Å². The van der Waals surface area contributed by atoms with Gasteiger partial charge in [-0.2, -0.15) is 9.13 Å². The molecule has 10 aromatic rings. The summed E-state index contributed by atoms with van der Waals surface area (Å²) < 4.78 is 130. The largest absolute Gasteiger partial charge is 0.488 e. The molecule has 0 aliphatic carbocycles. The molecule has 0 saturated carbocycles. The third kappa shape index (κ3) is 7.17. The summed E-state index contributed by atoms with van der Waals surface area (Å²) in [5, 5.41) is 80.1. The molecule has 32 heteroatoms. The summed E-state index contributed by atoms with van der Waals surface area (Å²) >= 11 is 0. The molecule has 8 heterocycles. The summed E-state index contributed by atoms with van der Waals surface area (Å²) in [5.41, 5.74) is 0.0503. The third-order valence-corrected chi connectivity index (χ3v) is 24.1. The predicted octanol–water partition coefficient (Wildman–Crippen LogP) is -2.24. The zero-order valence-corrected chi connectivity index (χ0v) is 48.3. The summed E-state index contributed by atoms with van der Waals surface area (Å²) in [5.74, 6) is -2.66. The number of aromatic nitrogens is 2. The van der Waals surface area contributed by atoms with Gasteiger partial charge in [0.2, 0.25) is 62.0 Å². The molecule has 24 nitrogen and oxygen atoms in total. The average Bonchev–Trinajstić information content (AvgIpc) is 1.48. The van der Waals surface area contributed by atoms with E-state index in [1.807, 2.05) is 0 Å². The highest BCUT2D eigenvalue weighted by Crippen LogP contribution is 2.55. The van der Waals surface area contributed by atoms with Gasteiger partial charge >= 0.3 is 34.4 Å². The van der Waals surface area contributed by atoms with E-state index in [4.69, 9.17) is 20.0 Å². The molecule has 2 aromatic heterocycles. The molecule has 8 N–H and O–H groups in total. The lowest BCUT2D eigenvalue weighted by molar-refractivity contribution is -0.790. The van der Waals surface area contributed by atoms with E-state index >= 15 is 33.7 Å². The molecule has 0 amide bonds. The van der Waals surface area contributed by atoms with Gasteiger partial charge in [0.1, 0.15) is 0 Å². The maximum absolute atomic E-state index is 15.4. The standard InChI is InChI=1S/C57H36B4N8O16S4/c70-58(71)29-13-21-33(22-14-29)86(78,79)41-9-1-5-37-45(41)53-63-50-39-7-3-11-43(88(82,83)35-25-17-31(18-26-35)60(74)75)47(39)55-65-52-40-8-4-12-44(89(84,85)36-27-19-32(20-28-36)61(76)77)48(40)56-64-51-38-6-2-10-42(87(80,81)34-23-15-30(16-24-34)59(72)73)46(38)54-62-49(37)66(53)57(67(51)54,68(50)55)69(52)56/h1-28,70-77H/q+2. The fourth-order valence-corrected chi connectivity index (χ4v) is 18.7. The Morgan fingerprint density at radius 1 is 0.348 bits per heavy atom. The monoisotopic (exact) mass is 1260 g/mol. The number of hydrogen-bond donors (Lipinski definition) is 8. The molecule has 1 spiro atoms. The smallest absolute Gasteiger partial charge is 0.423 e. The Hall–Kier alpha value is -9.14. The molecule has 0 radical (unpaired) electrons. The Labute approximate surface area is 503 Å². The summed E-state index contributed by atoms with van der Waals surface area (Å²) in [6.07, 6.45) is 0. The van der Waals surface area contributed by atoms with Gasteiger partial charge in [-0.3, -0.25) is 0 Å². The van der Waals surface area contributed by atoms with Crippen LogP contribution in [-0.4, -0.2) is 144 Å². The second-order valence-electron chi connectivity index (χ2n) is 21.5. The Morgan fingerprint density at radius 2 is 0.730 bits per heavy atom. The van der Waals surface area contributed by atoms with E-state index in [-0.39, 0.29) is 151 Å². The number of benzene rings is 8. The van der Waals surface area contributed by atoms with Crippen molar-refractivity contribution in [3.05, 3.63) is 203 Å². The molecular weight excluding hydrogens is 1220 g/mol. The second kappa shape index (κ2) is 18.5. The molecule has 434 valence electrons. The predicted molar refractivity (Wildman–Crippen MR) is 320 cm³/mol. The highest BCUT2D eigenvalue weighted by molar-refractivity contribution is 7.92. The number of rotatable bonds is 12. The van der Waals surface area contributed by atoms with E-state index in [9.17, 15) is 40.2 Å². The topological polar surface area (TPSA) is 364 Å². The van der Waals surface area contributed by atoms with Gasteiger partial charge in [0.25, 0.3) is 23.3 Å². The van der Waals surface area contributed by atoms with Crippen molar-refractivity contribution in [2.45, 2.75) is 45.1 Å². The second-order valence-corrected chi connectivity index (χ2v) is 29.1. The Balaban J connectivity index is 1.09. The molecule has 0 saturated heterocycles. The van der Waals surface area contributed by atoms with Crippen LogP contribution in [-0.2, 0) is 45.3 Å². The van der Waals surface area contributed by atoms with E-state index in [1.54, 1.807) is 42.6 Å². The van der Waals surface area contributed by atoms with Crippen LogP contribution in [0.5, 0.6) is 0 Å². The van der Waals surface area contributed by atoms with Crippen LogP contribution in [0.15, 0.2) is 229 Å². The SMILES string of the molecule is O=S(=O)(c1ccc(B(O)O)cc1)c1cccc2c1C1=Nc3c4cccc(S(=O)(=O)c5ccc(B(O)O)cc5)c4c4n3C35n6c(c7cccc(S(=O)(=O)c8ccc(B(O)O)cc8)c7c6=NC2=[N+]13)=NC1=[N+]5C(=N4)c2cccc(S(=O)(=O)c3ccc(B(O)O)cc3)c21. The highest BCUT2D eigenvalue weighted by atomic mass is 32.2. The Bertz CT molecular complexity index is 5740. The number of aliphatic imine (C=N–C) groups is 2. The van der Waals surface area contributed by atoms with Gasteiger partial charge < -0.3 is 40.2 Å². The lowest BCUT2D eigenvalue weighted by atomic mass is 9.81. The fourth-order valence-electron chi connectivity index (χ4n) is 12.8. The van der Waals surface area contributed by atoms with Crippen LogP contribution in [0.3, 0.4) is 0 Å². The van der Waals surface area contributed by atoms with Gasteiger partial charge in [-0.05, 0) is 119 Å². The van der Waals surface area contributed by atoms with Crippen molar-refractivity contribution < 1.29 is 83.0 Å². The fraction of sp³-hybridized carbons (Fsp3) is 0.0175. The maximum Gasteiger partial charge on any atom is 0.488 e. The first-order chi connectivity index (χ1) is 42.5. The van der Waals surface area contributed by atoms with Crippen LogP contribution in [0.2, 0.25) is 0 Å². The van der Waals surface area contributed by atoms with Crippen molar-refractivity contribution in [2.75, 3.05) is 0 Å². The number of hydrogen-bond acceptors (Lipinski definition) is 20. The van der Waals surface area contributed by atoms with Gasteiger partial charge in [0.05, 0.1) is 72.2 Å². The molecule has 8 aromatic carbocycles. The Kier molecular flexibility index (Phi) is 11.5. The van der Waals surface area contributed by atoms with Gasteiger partial charge in [-0.25, -0.2) is 33.7 Å². The van der Waals surface area contributed by atoms with Crippen molar-refractivity contribution in [3.8, 4) is 0 Å². The van der Waals surface area contributed by atoms with Crippen LogP contribution in [0.4, 0.5) is 11.6 Å². The van der Waals surface area contributed by atoms with Gasteiger partial charge in [-0.15, -0.1) is 9.15 Å². The quantitative estimate of drug-likeness (QED) is 0.0474. The maximum atomic E-state index is 15.4. The summed E-state index contributed by atoms with van der Waals surface area (Å²) in [4.78, 5) is 18.9. The minimum atomic E-state index is -4.67. The average molecular weight is 1260 g/mol. The van der Waals surface area contributed by atoms with Crippen LogP contribution in [0, 0.1) is 0 Å². The number of fused-ring (bicyclic) bond motifs is 12. The van der Waals surface area contributed by atoms with Crippen molar-refractivity contribution in [2.24, 2.45) is 20.0 Å². The van der Waals surface area contributed by atoms with Gasteiger partial charge in [-0.1, -0.05) is 92.8 Å². The van der Waals surface area contributed by atoms with Crippen LogP contribution in [0.1, 0.15) is 22.3 Å². The summed E-state index contributed by atoms with van der Waals surface area (Å²) in [6, 6.07) is 37.1. The van der Waals surface area contributed by atoms with E-state index < -0.39 is 73.7 Å². The van der Waals surface area contributed by atoms with E-state index in [0.717, 1.165) is 0 Å². The Morgan fingerprint density at radius 3 is 1.21 bits per heavy atom. The van der Waals surface area contributed by atoms with Crippen molar-refractivity contribution in [3.63, 3.8) is 0 Å². The van der Waals surface area contributed by atoms with E-state index in [2.05, 4.69) is 0 Å². The number of amidine groups is 4. The molecule has 1 unspecified atom stereocenters. The minimum absolute atomic E-state index is 0.00543. The zero-order valence-electron chi connectivity index (χ0n) is 45.0. The van der Waals surface area contributed by atoms with Crippen molar-refractivity contribution >= 4 is 146 Å². The minimum Gasteiger partial charge on any atom is -0.423 e. The number of sulfone groups is 4. The van der Waals surface area contributed by atoms with Crippen molar-refractivity contribution in [1.82, 2.24) is 9.13 Å². The third-order valence-electron chi connectivity index (χ3n) is 16.8. The molecule has 1 atom stereocenters. The molecule has 6 aliphatic heterocycles. The van der Waals surface area contributed by atoms with E-state index in [1.165, 1.54) is 146 Å². The van der Waals surface area contributed by atoms with Crippen molar-refractivity contribution in [1.29, 1.82) is 0 Å². The van der Waals surface area contributed by atoms with Gasteiger partial charge in [0, 0.05) is 10.8 Å². The lowest BCUT2D eigenvalue weighted by Gasteiger charge is -2.40. The van der Waals surface area contributed by atoms with Crippen LogP contribution >= 0.6 is 0 Å². The normalized spacial score (nSPS) is 16.5. The first-order valence-corrected chi connectivity index (χ1v) is 32.9. The van der Waals surface area contributed by atoms with E-state index in [0.29, 0.717) is 0 Å². The summed E-state index contributed by atoms with van der Waals surface area (Å²) in [6.45, 7) is 0. The first kappa shape index (κ1) is 55.2. The molecule has 6 aliphatic rings. The highest BCUT2D eigenvalue weighted by Gasteiger charge is 2.70.